The first-order chi connectivity index (χ1) is 13.1. The molecule has 27 heavy (non-hydrogen) atoms. The van der Waals surface area contributed by atoms with Gasteiger partial charge in [0.2, 0.25) is 0 Å². The maximum absolute atomic E-state index is 5.86. The monoisotopic (exact) mass is 369 g/mol. The molecule has 0 saturated carbocycles. The Kier molecular flexibility index (Phi) is 6.27. The predicted octanol–water partition coefficient (Wildman–Crippen LogP) is 4.85. The van der Waals surface area contributed by atoms with E-state index in [9.17, 15) is 0 Å². The highest BCUT2D eigenvalue weighted by Gasteiger charge is 2.26. The minimum atomic E-state index is 0.0831. The van der Waals surface area contributed by atoms with Gasteiger partial charge in [-0.15, -0.1) is 0 Å². The zero-order valence-corrected chi connectivity index (χ0v) is 17.1. The van der Waals surface area contributed by atoms with E-state index in [0.29, 0.717) is 19.1 Å². The number of nitrogens with one attached hydrogen (secondary N) is 1. The van der Waals surface area contributed by atoms with E-state index in [1.165, 1.54) is 16.7 Å². The second-order valence-electron chi connectivity index (χ2n) is 7.16. The summed E-state index contributed by atoms with van der Waals surface area (Å²) in [6.07, 6.45) is 0.977. The highest BCUT2D eigenvalue weighted by atomic mass is 16.5. The summed E-state index contributed by atoms with van der Waals surface area (Å²) < 4.78 is 17.4. The standard InChI is InChI=1S/C23H31NO3/c1-6-26-21-13-17-10-11-24-23(19(17)14-22(21)27-7-2)18-9-8-16(15(3)4)12-20(18)25-5/h8-9,12-15,23-24H,6-7,10-11H2,1-5H3. The van der Waals surface area contributed by atoms with Crippen LogP contribution in [0.2, 0.25) is 0 Å². The summed E-state index contributed by atoms with van der Waals surface area (Å²) in [5.74, 6) is 3.04. The Bertz CT molecular complexity index is 785. The summed E-state index contributed by atoms with van der Waals surface area (Å²) in [5, 5.41) is 3.66. The molecule has 2 aromatic rings. The maximum Gasteiger partial charge on any atom is 0.161 e. The van der Waals surface area contributed by atoms with Crippen LogP contribution in [0.4, 0.5) is 0 Å². The largest absolute Gasteiger partial charge is 0.496 e. The predicted molar refractivity (Wildman–Crippen MR) is 109 cm³/mol. The molecule has 0 fully saturated rings. The van der Waals surface area contributed by atoms with Crippen LogP contribution >= 0.6 is 0 Å². The van der Waals surface area contributed by atoms with Gasteiger partial charge >= 0.3 is 0 Å². The van der Waals surface area contributed by atoms with E-state index in [0.717, 1.165) is 35.8 Å². The number of fused-ring (bicyclic) bond motifs is 1. The highest BCUT2D eigenvalue weighted by Crippen LogP contribution is 2.40. The average molecular weight is 370 g/mol. The molecule has 1 heterocycles. The second-order valence-corrected chi connectivity index (χ2v) is 7.16. The molecule has 0 saturated heterocycles. The molecular weight excluding hydrogens is 338 g/mol. The SMILES string of the molecule is CCOc1cc2c(cc1OCC)C(c1ccc(C(C)C)cc1OC)NCC2. The fourth-order valence-corrected chi connectivity index (χ4v) is 3.70. The van der Waals surface area contributed by atoms with Crippen molar-refractivity contribution in [2.24, 2.45) is 0 Å². The number of methoxy groups -OCH3 is 1. The van der Waals surface area contributed by atoms with E-state index in [2.05, 4.69) is 49.5 Å². The summed E-state index contributed by atoms with van der Waals surface area (Å²) in [6.45, 7) is 10.6. The Labute approximate surface area is 162 Å². The van der Waals surface area contributed by atoms with Crippen LogP contribution in [0.3, 0.4) is 0 Å². The molecule has 3 rings (SSSR count). The Morgan fingerprint density at radius 3 is 2.30 bits per heavy atom. The fourth-order valence-electron chi connectivity index (χ4n) is 3.70. The van der Waals surface area contributed by atoms with Gasteiger partial charge in [-0.3, -0.25) is 0 Å². The summed E-state index contributed by atoms with van der Waals surface area (Å²) in [4.78, 5) is 0. The third-order valence-corrected chi connectivity index (χ3v) is 5.09. The van der Waals surface area contributed by atoms with Crippen molar-refractivity contribution in [3.8, 4) is 17.2 Å². The van der Waals surface area contributed by atoms with Gasteiger partial charge in [0.1, 0.15) is 5.75 Å². The Morgan fingerprint density at radius 1 is 0.963 bits per heavy atom. The smallest absolute Gasteiger partial charge is 0.161 e. The van der Waals surface area contributed by atoms with Gasteiger partial charge in [-0.1, -0.05) is 26.0 Å². The van der Waals surface area contributed by atoms with Gasteiger partial charge in [-0.2, -0.15) is 0 Å². The Morgan fingerprint density at radius 2 is 1.67 bits per heavy atom. The van der Waals surface area contributed by atoms with Gasteiger partial charge in [-0.25, -0.2) is 0 Å². The van der Waals surface area contributed by atoms with E-state index in [4.69, 9.17) is 14.2 Å². The first kappa shape index (κ1) is 19.6. The summed E-state index contributed by atoms with van der Waals surface area (Å²) in [7, 11) is 1.75. The highest BCUT2D eigenvalue weighted by molar-refractivity contribution is 5.54. The second kappa shape index (κ2) is 8.66. The van der Waals surface area contributed by atoms with Crippen LogP contribution in [0.15, 0.2) is 30.3 Å². The minimum Gasteiger partial charge on any atom is -0.496 e. The lowest BCUT2D eigenvalue weighted by Gasteiger charge is -2.30. The van der Waals surface area contributed by atoms with Crippen molar-refractivity contribution in [3.05, 3.63) is 52.6 Å². The molecule has 4 nitrogen and oxygen atoms in total. The van der Waals surface area contributed by atoms with Crippen LogP contribution in [0.5, 0.6) is 17.2 Å². The molecule has 0 amide bonds. The summed E-state index contributed by atoms with van der Waals surface area (Å²) in [5.41, 5.74) is 4.99. The van der Waals surface area contributed by atoms with Crippen molar-refractivity contribution in [1.82, 2.24) is 5.32 Å². The fraction of sp³-hybridized carbons (Fsp3) is 0.478. The molecule has 1 aliphatic heterocycles. The van der Waals surface area contributed by atoms with Crippen molar-refractivity contribution >= 4 is 0 Å². The molecule has 1 N–H and O–H groups in total. The maximum atomic E-state index is 5.86. The number of ether oxygens (including phenoxy) is 3. The molecule has 2 aromatic carbocycles. The first-order valence-corrected chi connectivity index (χ1v) is 9.92. The van der Waals surface area contributed by atoms with Crippen LogP contribution in [0.1, 0.15) is 61.9 Å². The van der Waals surface area contributed by atoms with E-state index >= 15 is 0 Å². The molecular formula is C23H31NO3. The van der Waals surface area contributed by atoms with Gasteiger partial charge < -0.3 is 19.5 Å². The van der Waals surface area contributed by atoms with E-state index < -0.39 is 0 Å². The first-order valence-electron chi connectivity index (χ1n) is 9.92. The van der Waals surface area contributed by atoms with Crippen LogP contribution in [-0.2, 0) is 6.42 Å². The lowest BCUT2D eigenvalue weighted by Crippen LogP contribution is -2.31. The molecule has 0 bridgehead atoms. The summed E-state index contributed by atoms with van der Waals surface area (Å²) in [6, 6.07) is 10.9. The third-order valence-electron chi connectivity index (χ3n) is 5.09. The van der Waals surface area contributed by atoms with Crippen molar-refractivity contribution in [3.63, 3.8) is 0 Å². The molecule has 146 valence electrons. The number of rotatable bonds is 7. The molecule has 1 aliphatic rings. The van der Waals surface area contributed by atoms with Gasteiger partial charge in [0.15, 0.2) is 11.5 Å². The van der Waals surface area contributed by atoms with Gasteiger partial charge in [0, 0.05) is 12.1 Å². The minimum absolute atomic E-state index is 0.0831. The molecule has 1 atom stereocenters. The van der Waals surface area contributed by atoms with E-state index in [1.54, 1.807) is 7.11 Å². The van der Waals surface area contributed by atoms with Crippen LogP contribution in [0.25, 0.3) is 0 Å². The van der Waals surface area contributed by atoms with Crippen molar-refractivity contribution in [1.29, 1.82) is 0 Å². The number of benzene rings is 2. The van der Waals surface area contributed by atoms with E-state index in [1.807, 2.05) is 13.8 Å². The quantitative estimate of drug-likeness (QED) is 0.757. The van der Waals surface area contributed by atoms with Crippen LogP contribution < -0.4 is 19.5 Å². The van der Waals surface area contributed by atoms with Crippen molar-refractivity contribution in [2.45, 2.75) is 46.1 Å². The summed E-state index contributed by atoms with van der Waals surface area (Å²) >= 11 is 0. The molecule has 4 heteroatoms. The van der Waals surface area contributed by atoms with Gasteiger partial charge in [-0.05, 0) is 61.1 Å². The zero-order valence-electron chi connectivity index (χ0n) is 17.1. The van der Waals surface area contributed by atoms with Crippen LogP contribution in [-0.4, -0.2) is 26.9 Å². The number of hydrogen-bond donors (Lipinski definition) is 1. The third kappa shape index (κ3) is 4.06. The zero-order chi connectivity index (χ0) is 19.4. The molecule has 0 aromatic heterocycles. The van der Waals surface area contributed by atoms with Crippen molar-refractivity contribution in [2.75, 3.05) is 26.9 Å². The molecule has 0 aliphatic carbocycles. The molecule has 1 unspecified atom stereocenters. The number of hydrogen-bond acceptors (Lipinski definition) is 4. The topological polar surface area (TPSA) is 39.7 Å². The molecule has 0 spiro atoms. The Balaban J connectivity index is 2.07. The molecule has 0 radical (unpaired) electrons. The average Bonchev–Trinajstić information content (AvgIpc) is 2.68. The van der Waals surface area contributed by atoms with Crippen molar-refractivity contribution < 1.29 is 14.2 Å². The van der Waals surface area contributed by atoms with Gasteiger partial charge in [0.25, 0.3) is 0 Å². The van der Waals surface area contributed by atoms with Crippen LogP contribution in [0, 0.1) is 0 Å². The van der Waals surface area contributed by atoms with Gasteiger partial charge in [0.05, 0.1) is 26.4 Å². The lowest BCUT2D eigenvalue weighted by molar-refractivity contribution is 0.286. The van der Waals surface area contributed by atoms with E-state index in [-0.39, 0.29) is 6.04 Å². The Hall–Kier alpha value is -2.20. The normalized spacial score (nSPS) is 16.1. The lowest BCUT2D eigenvalue weighted by atomic mass is 9.88.